The molecule has 1 heterocycles. The first-order chi connectivity index (χ1) is 8.10. The lowest BCUT2D eigenvalue weighted by Gasteiger charge is -2.14. The van der Waals surface area contributed by atoms with Gasteiger partial charge in [-0.1, -0.05) is 6.92 Å². The van der Waals surface area contributed by atoms with Gasteiger partial charge in [-0.3, -0.25) is 10.8 Å². The zero-order valence-corrected chi connectivity index (χ0v) is 11.2. The molecule has 0 atom stereocenters. The highest BCUT2D eigenvalue weighted by molar-refractivity contribution is 9.10. The summed E-state index contributed by atoms with van der Waals surface area (Å²) in [5, 5.41) is 0.427. The van der Waals surface area contributed by atoms with E-state index in [1.54, 1.807) is 6.07 Å². The van der Waals surface area contributed by atoms with Crippen molar-refractivity contribution >= 4 is 32.5 Å². The number of hydrazine groups is 1. The summed E-state index contributed by atoms with van der Waals surface area (Å²) in [6.07, 6.45) is 0.777. The lowest BCUT2D eigenvalue weighted by molar-refractivity contribution is 0.639. The number of nitrogens with one attached hydrogen (secondary N) is 1. The molecule has 3 nitrogen and oxygen atoms in total. The van der Waals surface area contributed by atoms with Crippen LogP contribution in [0.25, 0.3) is 10.9 Å². The van der Waals surface area contributed by atoms with Gasteiger partial charge in [0.15, 0.2) is 0 Å². The maximum absolute atomic E-state index is 13.9. The maximum Gasteiger partial charge on any atom is 0.134 e. The minimum absolute atomic E-state index is 0.325. The van der Waals surface area contributed by atoms with Gasteiger partial charge in [-0.2, -0.15) is 0 Å². The molecule has 0 fully saturated rings. The molecule has 2 rings (SSSR count). The van der Waals surface area contributed by atoms with E-state index < -0.39 is 0 Å². The molecule has 0 unspecified atom stereocenters. The molecule has 0 bridgehead atoms. The number of hydrogen-bond donors (Lipinski definition) is 2. The quantitative estimate of drug-likeness (QED) is 0.660. The third-order valence-corrected chi connectivity index (χ3v) is 3.50. The molecule has 0 aliphatic rings. The van der Waals surface area contributed by atoms with Crippen molar-refractivity contribution in [2.75, 3.05) is 5.43 Å². The van der Waals surface area contributed by atoms with Crippen molar-refractivity contribution in [2.45, 2.75) is 20.3 Å². The lowest BCUT2D eigenvalue weighted by atomic mass is 10.1. The fourth-order valence-corrected chi connectivity index (χ4v) is 2.38. The predicted octanol–water partition coefficient (Wildman–Crippen LogP) is 3.29. The summed E-state index contributed by atoms with van der Waals surface area (Å²) < 4.78 is 14.6. The minimum Gasteiger partial charge on any atom is -0.323 e. The summed E-state index contributed by atoms with van der Waals surface area (Å²) in [5.41, 5.74) is 5.58. The number of aryl methyl sites for hydroxylation is 1. The molecule has 90 valence electrons. The number of nitrogens with two attached hydrogens (primary N) is 1. The molecule has 0 radical (unpaired) electrons. The Balaban J connectivity index is 2.97. The number of benzene rings is 1. The van der Waals surface area contributed by atoms with E-state index in [1.807, 2.05) is 13.8 Å². The molecule has 2 aromatic rings. The second kappa shape index (κ2) is 4.58. The Morgan fingerprint density at radius 2 is 2.18 bits per heavy atom. The summed E-state index contributed by atoms with van der Waals surface area (Å²) in [6, 6.07) is 3.06. The van der Waals surface area contributed by atoms with Gasteiger partial charge in [-0.15, -0.1) is 0 Å². The van der Waals surface area contributed by atoms with E-state index >= 15 is 0 Å². The van der Waals surface area contributed by atoms with Gasteiger partial charge >= 0.3 is 0 Å². The van der Waals surface area contributed by atoms with Crippen molar-refractivity contribution in [3.05, 3.63) is 33.7 Å². The van der Waals surface area contributed by atoms with Gasteiger partial charge in [0.1, 0.15) is 5.82 Å². The van der Waals surface area contributed by atoms with Crippen molar-refractivity contribution < 1.29 is 4.39 Å². The van der Waals surface area contributed by atoms with Crippen LogP contribution in [0.4, 0.5) is 10.1 Å². The van der Waals surface area contributed by atoms with Crippen LogP contribution < -0.4 is 11.3 Å². The number of hydrogen-bond acceptors (Lipinski definition) is 3. The minimum atomic E-state index is -0.325. The molecule has 0 saturated heterocycles. The van der Waals surface area contributed by atoms with Gasteiger partial charge in [-0.25, -0.2) is 4.39 Å². The Bertz CT molecular complexity index is 584. The van der Waals surface area contributed by atoms with E-state index in [0.717, 1.165) is 22.2 Å². The van der Waals surface area contributed by atoms with Gasteiger partial charge in [0.25, 0.3) is 0 Å². The topological polar surface area (TPSA) is 50.9 Å². The molecule has 0 spiro atoms. The van der Waals surface area contributed by atoms with E-state index in [1.165, 1.54) is 6.07 Å². The standard InChI is InChI=1S/C12H13BrFN3/c1-3-9-6(2)11(17-15)10-8(14)5-4-7(13)12(10)16-9/h4-5H,3,15H2,1-2H3,(H,16,17). The molecule has 1 aromatic heterocycles. The summed E-state index contributed by atoms with van der Waals surface area (Å²) in [7, 11) is 0. The van der Waals surface area contributed by atoms with E-state index in [9.17, 15) is 4.39 Å². The Morgan fingerprint density at radius 3 is 2.76 bits per heavy atom. The normalized spacial score (nSPS) is 10.9. The monoisotopic (exact) mass is 297 g/mol. The van der Waals surface area contributed by atoms with E-state index in [-0.39, 0.29) is 5.82 Å². The van der Waals surface area contributed by atoms with Crippen LogP contribution in [0.3, 0.4) is 0 Å². The fourth-order valence-electron chi connectivity index (χ4n) is 1.96. The van der Waals surface area contributed by atoms with Crippen LogP contribution in [0, 0.1) is 12.7 Å². The van der Waals surface area contributed by atoms with Crippen LogP contribution in [-0.2, 0) is 6.42 Å². The number of aromatic nitrogens is 1. The molecule has 0 aliphatic heterocycles. The Morgan fingerprint density at radius 1 is 1.47 bits per heavy atom. The van der Waals surface area contributed by atoms with Crippen molar-refractivity contribution in [2.24, 2.45) is 5.84 Å². The molecule has 0 saturated carbocycles. The highest BCUT2D eigenvalue weighted by atomic mass is 79.9. The molecular weight excluding hydrogens is 285 g/mol. The molecule has 1 aromatic carbocycles. The Kier molecular flexibility index (Phi) is 3.31. The SMILES string of the molecule is CCc1nc2c(Br)ccc(F)c2c(NN)c1C. The Labute approximate surface area is 107 Å². The van der Waals surface area contributed by atoms with Crippen LogP contribution in [-0.4, -0.2) is 4.98 Å². The van der Waals surface area contributed by atoms with Crippen molar-refractivity contribution in [1.29, 1.82) is 0 Å². The highest BCUT2D eigenvalue weighted by Gasteiger charge is 2.15. The van der Waals surface area contributed by atoms with Gasteiger partial charge < -0.3 is 5.43 Å². The van der Waals surface area contributed by atoms with Crippen LogP contribution in [0.15, 0.2) is 16.6 Å². The number of nitrogen functional groups attached to an aromatic ring is 1. The van der Waals surface area contributed by atoms with E-state index in [0.29, 0.717) is 16.6 Å². The summed E-state index contributed by atoms with van der Waals surface area (Å²) in [6.45, 7) is 3.90. The van der Waals surface area contributed by atoms with Gasteiger partial charge in [-0.05, 0) is 47.0 Å². The summed E-state index contributed by atoms with van der Waals surface area (Å²) in [5.74, 6) is 5.17. The number of nitrogens with zero attached hydrogens (tertiary/aromatic N) is 1. The smallest absolute Gasteiger partial charge is 0.134 e. The van der Waals surface area contributed by atoms with Crippen molar-refractivity contribution in [3.8, 4) is 0 Å². The van der Waals surface area contributed by atoms with Crippen molar-refractivity contribution in [1.82, 2.24) is 4.98 Å². The first-order valence-corrected chi connectivity index (χ1v) is 6.13. The van der Waals surface area contributed by atoms with Crippen LogP contribution >= 0.6 is 15.9 Å². The number of pyridine rings is 1. The van der Waals surface area contributed by atoms with Gasteiger partial charge in [0.2, 0.25) is 0 Å². The molecular formula is C12H13BrFN3. The largest absolute Gasteiger partial charge is 0.323 e. The second-order valence-electron chi connectivity index (χ2n) is 3.81. The third kappa shape index (κ3) is 1.89. The number of rotatable bonds is 2. The first kappa shape index (κ1) is 12.3. The average Bonchev–Trinajstić information content (AvgIpc) is 2.33. The third-order valence-electron chi connectivity index (χ3n) is 2.86. The number of halogens is 2. The summed E-state index contributed by atoms with van der Waals surface area (Å²) >= 11 is 3.38. The highest BCUT2D eigenvalue weighted by Crippen LogP contribution is 2.33. The Hall–Kier alpha value is -1.20. The number of fused-ring (bicyclic) bond motifs is 1. The lowest BCUT2D eigenvalue weighted by Crippen LogP contribution is -2.11. The maximum atomic E-state index is 13.9. The van der Waals surface area contributed by atoms with E-state index in [2.05, 4.69) is 26.3 Å². The number of anilines is 1. The molecule has 0 amide bonds. The van der Waals surface area contributed by atoms with Crippen LogP contribution in [0.1, 0.15) is 18.2 Å². The first-order valence-electron chi connectivity index (χ1n) is 5.34. The zero-order valence-electron chi connectivity index (χ0n) is 9.64. The predicted molar refractivity (Wildman–Crippen MR) is 71.3 cm³/mol. The van der Waals surface area contributed by atoms with Crippen LogP contribution in [0.5, 0.6) is 0 Å². The molecule has 3 N–H and O–H groups in total. The van der Waals surface area contributed by atoms with Crippen molar-refractivity contribution in [3.63, 3.8) is 0 Å². The molecule has 5 heteroatoms. The van der Waals surface area contributed by atoms with Gasteiger partial charge in [0, 0.05) is 10.2 Å². The van der Waals surface area contributed by atoms with Gasteiger partial charge in [0.05, 0.1) is 16.6 Å². The second-order valence-corrected chi connectivity index (χ2v) is 4.66. The summed E-state index contributed by atoms with van der Waals surface area (Å²) in [4.78, 5) is 4.48. The average molecular weight is 298 g/mol. The zero-order chi connectivity index (χ0) is 12.6. The molecule has 17 heavy (non-hydrogen) atoms. The fraction of sp³-hybridized carbons (Fsp3) is 0.250. The van der Waals surface area contributed by atoms with Crippen LogP contribution in [0.2, 0.25) is 0 Å². The molecule has 0 aliphatic carbocycles. The van der Waals surface area contributed by atoms with E-state index in [4.69, 9.17) is 5.84 Å².